The van der Waals surface area contributed by atoms with E-state index in [1.807, 2.05) is 25.1 Å². The summed E-state index contributed by atoms with van der Waals surface area (Å²) in [5.41, 5.74) is 1.08. The van der Waals surface area contributed by atoms with Gasteiger partial charge in [0.05, 0.1) is 0 Å². The van der Waals surface area contributed by atoms with Gasteiger partial charge in [-0.05, 0) is 43.9 Å². The average Bonchev–Trinajstić information content (AvgIpc) is 3.03. The van der Waals surface area contributed by atoms with Gasteiger partial charge in [-0.25, -0.2) is 9.97 Å². The maximum Gasteiger partial charge on any atom is 0.134 e. The molecule has 0 atom stereocenters. The number of nitrogens with zero attached hydrogens (tertiary/aromatic N) is 3. The lowest BCUT2D eigenvalue weighted by molar-refractivity contribution is 0.905. The van der Waals surface area contributed by atoms with Gasteiger partial charge < -0.3 is 10.2 Å². The standard InChI is InChI=1S/C17H20Cl2N4/c1-12-21-16(11-17(22-12)23-8-2-3-9-23)20-7-6-13-4-5-14(18)10-15(13)19/h4-5,10-11H,2-3,6-9H2,1H3,(H,20,21,22). The van der Waals surface area contributed by atoms with Crippen LogP contribution in [0.2, 0.25) is 10.0 Å². The summed E-state index contributed by atoms with van der Waals surface area (Å²) in [5.74, 6) is 2.67. The molecule has 0 saturated carbocycles. The minimum atomic E-state index is 0.661. The molecule has 4 nitrogen and oxygen atoms in total. The highest BCUT2D eigenvalue weighted by atomic mass is 35.5. The van der Waals surface area contributed by atoms with Crippen molar-refractivity contribution in [1.82, 2.24) is 9.97 Å². The third kappa shape index (κ3) is 4.27. The summed E-state index contributed by atoms with van der Waals surface area (Å²) >= 11 is 12.1. The molecule has 1 aliphatic heterocycles. The van der Waals surface area contributed by atoms with Crippen molar-refractivity contribution in [2.45, 2.75) is 26.2 Å². The van der Waals surface area contributed by atoms with E-state index in [1.54, 1.807) is 6.07 Å². The van der Waals surface area contributed by atoms with Crippen LogP contribution in [0, 0.1) is 6.92 Å². The molecule has 23 heavy (non-hydrogen) atoms. The molecule has 1 aromatic carbocycles. The second-order valence-corrected chi connectivity index (χ2v) is 6.61. The van der Waals surface area contributed by atoms with Gasteiger partial charge in [0.1, 0.15) is 17.5 Å². The van der Waals surface area contributed by atoms with Gasteiger partial charge in [-0.3, -0.25) is 0 Å². The van der Waals surface area contributed by atoms with Crippen molar-refractivity contribution in [1.29, 1.82) is 0 Å². The highest BCUT2D eigenvalue weighted by molar-refractivity contribution is 6.35. The van der Waals surface area contributed by atoms with Crippen molar-refractivity contribution in [2.75, 3.05) is 29.9 Å². The molecule has 0 spiro atoms. The van der Waals surface area contributed by atoms with Crippen LogP contribution < -0.4 is 10.2 Å². The maximum absolute atomic E-state index is 6.20. The van der Waals surface area contributed by atoms with Crippen molar-refractivity contribution in [3.63, 3.8) is 0 Å². The summed E-state index contributed by atoms with van der Waals surface area (Å²) in [6, 6.07) is 7.64. The fourth-order valence-corrected chi connectivity index (χ4v) is 3.30. The van der Waals surface area contributed by atoms with E-state index < -0.39 is 0 Å². The van der Waals surface area contributed by atoms with Gasteiger partial charge in [0.25, 0.3) is 0 Å². The van der Waals surface area contributed by atoms with Crippen LogP contribution in [0.4, 0.5) is 11.6 Å². The van der Waals surface area contributed by atoms with Gasteiger partial charge in [-0.15, -0.1) is 0 Å². The van der Waals surface area contributed by atoms with Crippen LogP contribution in [0.25, 0.3) is 0 Å². The molecule has 0 amide bonds. The fourth-order valence-electron chi connectivity index (χ4n) is 2.80. The maximum atomic E-state index is 6.20. The summed E-state index contributed by atoms with van der Waals surface area (Å²) in [4.78, 5) is 11.3. The number of halogens is 2. The van der Waals surface area contributed by atoms with Crippen LogP contribution in [-0.2, 0) is 6.42 Å². The van der Waals surface area contributed by atoms with Crippen LogP contribution in [-0.4, -0.2) is 29.6 Å². The zero-order chi connectivity index (χ0) is 16.2. The Balaban J connectivity index is 1.63. The van der Waals surface area contributed by atoms with Gasteiger partial charge in [0.15, 0.2) is 0 Å². The Morgan fingerprint density at radius 3 is 2.65 bits per heavy atom. The summed E-state index contributed by atoms with van der Waals surface area (Å²) in [6.07, 6.45) is 3.29. The van der Waals surface area contributed by atoms with E-state index in [-0.39, 0.29) is 0 Å². The largest absolute Gasteiger partial charge is 0.370 e. The molecule has 0 bridgehead atoms. The molecule has 1 aromatic heterocycles. The minimum Gasteiger partial charge on any atom is -0.370 e. The van der Waals surface area contributed by atoms with Crippen molar-refractivity contribution in [3.05, 3.63) is 45.7 Å². The lowest BCUT2D eigenvalue weighted by atomic mass is 10.1. The Morgan fingerprint density at radius 2 is 1.91 bits per heavy atom. The van der Waals surface area contributed by atoms with Gasteiger partial charge in [0, 0.05) is 35.7 Å². The molecule has 1 saturated heterocycles. The zero-order valence-corrected chi connectivity index (χ0v) is 14.7. The molecular formula is C17H20Cl2N4. The molecule has 2 heterocycles. The first kappa shape index (κ1) is 16.3. The highest BCUT2D eigenvalue weighted by Crippen LogP contribution is 2.22. The van der Waals surface area contributed by atoms with Crippen LogP contribution in [0.5, 0.6) is 0 Å². The molecule has 0 unspecified atom stereocenters. The minimum absolute atomic E-state index is 0.661. The quantitative estimate of drug-likeness (QED) is 0.870. The normalized spacial score (nSPS) is 14.3. The predicted octanol–water partition coefficient (Wildman–Crippen LogP) is 4.35. The topological polar surface area (TPSA) is 41.1 Å². The van der Waals surface area contributed by atoms with Gasteiger partial charge in [-0.2, -0.15) is 0 Å². The highest BCUT2D eigenvalue weighted by Gasteiger charge is 2.15. The molecular weight excluding hydrogens is 331 g/mol. The zero-order valence-electron chi connectivity index (χ0n) is 13.1. The average molecular weight is 351 g/mol. The molecule has 122 valence electrons. The van der Waals surface area contributed by atoms with Crippen LogP contribution in [0.15, 0.2) is 24.3 Å². The number of nitrogens with one attached hydrogen (secondary N) is 1. The van der Waals surface area contributed by atoms with Crippen LogP contribution in [0.3, 0.4) is 0 Å². The lowest BCUT2D eigenvalue weighted by Crippen LogP contribution is -2.20. The Hall–Kier alpha value is -1.52. The fraction of sp³-hybridized carbons (Fsp3) is 0.412. The monoisotopic (exact) mass is 350 g/mol. The number of rotatable bonds is 5. The Bertz CT molecular complexity index is 684. The molecule has 0 aliphatic carbocycles. The summed E-state index contributed by atoms with van der Waals surface area (Å²) in [6.45, 7) is 4.85. The Morgan fingerprint density at radius 1 is 1.13 bits per heavy atom. The number of hydrogen-bond donors (Lipinski definition) is 1. The summed E-state index contributed by atoms with van der Waals surface area (Å²) in [7, 11) is 0. The van der Waals surface area contributed by atoms with E-state index in [2.05, 4.69) is 20.2 Å². The molecule has 2 aromatic rings. The van der Waals surface area contributed by atoms with E-state index in [1.165, 1.54) is 12.8 Å². The Labute approximate surface area is 146 Å². The molecule has 1 fully saturated rings. The summed E-state index contributed by atoms with van der Waals surface area (Å²) < 4.78 is 0. The number of aromatic nitrogens is 2. The summed E-state index contributed by atoms with van der Waals surface area (Å²) in [5, 5.41) is 4.74. The lowest BCUT2D eigenvalue weighted by Gasteiger charge is -2.17. The molecule has 1 aliphatic rings. The first-order valence-electron chi connectivity index (χ1n) is 7.90. The number of hydrogen-bond acceptors (Lipinski definition) is 4. The first-order chi connectivity index (χ1) is 11.1. The molecule has 0 radical (unpaired) electrons. The van der Waals surface area contributed by atoms with E-state index in [4.69, 9.17) is 23.2 Å². The molecule has 6 heteroatoms. The third-order valence-electron chi connectivity index (χ3n) is 3.97. The van der Waals surface area contributed by atoms with Crippen LogP contribution >= 0.6 is 23.2 Å². The molecule has 1 N–H and O–H groups in total. The molecule has 3 rings (SSSR count). The first-order valence-corrected chi connectivity index (χ1v) is 8.66. The smallest absolute Gasteiger partial charge is 0.134 e. The van der Waals surface area contributed by atoms with Crippen molar-refractivity contribution in [3.8, 4) is 0 Å². The Kier molecular flexibility index (Phi) is 5.23. The van der Waals surface area contributed by atoms with E-state index in [0.29, 0.717) is 10.0 Å². The number of benzene rings is 1. The van der Waals surface area contributed by atoms with Gasteiger partial charge >= 0.3 is 0 Å². The van der Waals surface area contributed by atoms with Crippen molar-refractivity contribution in [2.24, 2.45) is 0 Å². The predicted molar refractivity (Wildman–Crippen MR) is 96.9 cm³/mol. The van der Waals surface area contributed by atoms with Crippen LogP contribution in [0.1, 0.15) is 24.2 Å². The van der Waals surface area contributed by atoms with E-state index in [9.17, 15) is 0 Å². The number of anilines is 2. The van der Waals surface area contributed by atoms with Gasteiger partial charge in [0.2, 0.25) is 0 Å². The third-order valence-corrected chi connectivity index (χ3v) is 4.56. The number of aryl methyl sites for hydroxylation is 1. The second-order valence-electron chi connectivity index (χ2n) is 5.77. The van der Waals surface area contributed by atoms with E-state index >= 15 is 0 Å². The van der Waals surface area contributed by atoms with Gasteiger partial charge in [-0.1, -0.05) is 29.3 Å². The SMILES string of the molecule is Cc1nc(NCCc2ccc(Cl)cc2Cl)cc(N2CCCC2)n1. The van der Waals surface area contributed by atoms with Crippen molar-refractivity contribution >= 4 is 34.8 Å². The second kappa shape index (κ2) is 7.37. The van der Waals surface area contributed by atoms with E-state index in [0.717, 1.165) is 49.1 Å². The van der Waals surface area contributed by atoms with Crippen molar-refractivity contribution < 1.29 is 0 Å².